The predicted molar refractivity (Wildman–Crippen MR) is 122 cm³/mol. The molecule has 0 atom stereocenters. The van der Waals surface area contributed by atoms with E-state index in [2.05, 4.69) is 22.7 Å². The summed E-state index contributed by atoms with van der Waals surface area (Å²) >= 11 is 6.37. The molecule has 0 unspecified atom stereocenters. The first-order valence-electron chi connectivity index (χ1n) is 10.5. The summed E-state index contributed by atoms with van der Waals surface area (Å²) < 4.78 is 1.91. The van der Waals surface area contributed by atoms with Gasteiger partial charge in [-0.2, -0.15) is 5.10 Å². The molecule has 3 aromatic rings. The number of anilines is 1. The Balaban J connectivity index is 1.72. The van der Waals surface area contributed by atoms with Gasteiger partial charge in [0.15, 0.2) is 0 Å². The molecule has 1 saturated heterocycles. The maximum atomic E-state index is 13.2. The Hall–Kier alpha value is -2.63. The van der Waals surface area contributed by atoms with Crippen molar-refractivity contribution in [1.29, 1.82) is 0 Å². The van der Waals surface area contributed by atoms with Crippen molar-refractivity contribution in [3.63, 3.8) is 0 Å². The normalized spacial score (nSPS) is 14.6. The second-order valence-electron chi connectivity index (χ2n) is 7.77. The van der Waals surface area contributed by atoms with Gasteiger partial charge in [0.2, 0.25) is 0 Å². The number of aromatic nitrogens is 2. The molecular weight excluding hydrogens is 396 g/mol. The van der Waals surface area contributed by atoms with Crippen LogP contribution in [0.25, 0.3) is 5.69 Å². The number of piperidine rings is 1. The molecule has 0 bridgehead atoms. The van der Waals surface area contributed by atoms with Crippen LogP contribution in [0.2, 0.25) is 5.02 Å². The third-order valence-electron chi connectivity index (χ3n) is 5.86. The summed E-state index contributed by atoms with van der Waals surface area (Å²) in [6, 6.07) is 13.8. The molecule has 2 heterocycles. The Morgan fingerprint density at radius 3 is 2.63 bits per heavy atom. The van der Waals surface area contributed by atoms with E-state index < -0.39 is 0 Å². The van der Waals surface area contributed by atoms with E-state index in [4.69, 9.17) is 11.6 Å². The third kappa shape index (κ3) is 4.13. The lowest BCUT2D eigenvalue weighted by molar-refractivity contribution is 0.102. The molecule has 5 nitrogen and oxygen atoms in total. The van der Waals surface area contributed by atoms with Crippen LogP contribution in [-0.2, 0) is 6.42 Å². The van der Waals surface area contributed by atoms with Gasteiger partial charge >= 0.3 is 0 Å². The van der Waals surface area contributed by atoms with Crippen LogP contribution in [-0.4, -0.2) is 28.8 Å². The lowest BCUT2D eigenvalue weighted by Gasteiger charge is -2.25. The molecule has 30 heavy (non-hydrogen) atoms. The number of rotatable bonds is 5. The average molecular weight is 423 g/mol. The van der Waals surface area contributed by atoms with Gasteiger partial charge in [0.1, 0.15) is 0 Å². The standard InChI is InChI=1S/C24H27ClN4O/c1-3-17-7-9-19(10-8-17)28-24(30)20-15-27-29(22-6-4-5-21(25)16(22)2)23(20)18-11-13-26-14-12-18/h4-10,15,18,26H,3,11-14H2,1-2H3,(H,28,30). The van der Waals surface area contributed by atoms with E-state index in [1.807, 2.05) is 54.1 Å². The van der Waals surface area contributed by atoms with Gasteiger partial charge in [0, 0.05) is 16.6 Å². The van der Waals surface area contributed by atoms with Crippen LogP contribution in [0.5, 0.6) is 0 Å². The van der Waals surface area contributed by atoms with Crippen LogP contribution >= 0.6 is 11.6 Å². The number of hydrogen-bond donors (Lipinski definition) is 2. The highest BCUT2D eigenvalue weighted by Gasteiger charge is 2.27. The number of nitrogens with one attached hydrogen (secondary N) is 2. The van der Waals surface area contributed by atoms with Gasteiger partial charge in [-0.1, -0.05) is 36.7 Å². The average Bonchev–Trinajstić information content (AvgIpc) is 3.22. The van der Waals surface area contributed by atoms with Gasteiger partial charge in [0.25, 0.3) is 5.91 Å². The molecule has 156 valence electrons. The Morgan fingerprint density at radius 2 is 1.93 bits per heavy atom. The number of aryl methyl sites for hydroxylation is 1. The number of nitrogens with zero attached hydrogens (tertiary/aromatic N) is 2. The lowest BCUT2D eigenvalue weighted by atomic mass is 9.91. The molecule has 2 aromatic carbocycles. The summed E-state index contributed by atoms with van der Waals surface area (Å²) in [6.45, 7) is 5.97. The molecule has 6 heteroatoms. The molecule has 1 aliphatic heterocycles. The minimum Gasteiger partial charge on any atom is -0.322 e. The SMILES string of the molecule is CCc1ccc(NC(=O)c2cnn(-c3cccc(Cl)c3C)c2C2CCNCC2)cc1. The van der Waals surface area contributed by atoms with Crippen LogP contribution in [0.3, 0.4) is 0 Å². The quantitative estimate of drug-likeness (QED) is 0.600. The van der Waals surface area contributed by atoms with Crippen LogP contribution in [0.1, 0.15) is 52.9 Å². The van der Waals surface area contributed by atoms with E-state index in [0.717, 1.165) is 55.0 Å². The smallest absolute Gasteiger partial charge is 0.259 e. The maximum Gasteiger partial charge on any atom is 0.259 e. The number of carbonyl (C=O) groups excluding carboxylic acids is 1. The van der Waals surface area contributed by atoms with Crippen molar-refractivity contribution in [2.75, 3.05) is 18.4 Å². The van der Waals surface area contributed by atoms with Crippen LogP contribution in [0.15, 0.2) is 48.7 Å². The van der Waals surface area contributed by atoms with E-state index >= 15 is 0 Å². The zero-order chi connectivity index (χ0) is 21.1. The predicted octanol–water partition coefficient (Wildman–Crippen LogP) is 5.12. The summed E-state index contributed by atoms with van der Waals surface area (Å²) in [4.78, 5) is 13.2. The fourth-order valence-corrected chi connectivity index (χ4v) is 4.23. The Morgan fingerprint density at radius 1 is 1.20 bits per heavy atom. The summed E-state index contributed by atoms with van der Waals surface area (Å²) in [5.41, 5.74) is 5.50. The van der Waals surface area contributed by atoms with Crippen molar-refractivity contribution < 1.29 is 4.79 Å². The van der Waals surface area contributed by atoms with E-state index in [-0.39, 0.29) is 11.8 Å². The Kier molecular flexibility index (Phi) is 6.21. The number of carbonyl (C=O) groups is 1. The molecule has 0 saturated carbocycles. The highest BCUT2D eigenvalue weighted by Crippen LogP contribution is 2.32. The minimum atomic E-state index is -0.126. The first-order chi connectivity index (χ1) is 14.6. The van der Waals surface area contributed by atoms with E-state index in [9.17, 15) is 4.79 Å². The van der Waals surface area contributed by atoms with Crippen LogP contribution < -0.4 is 10.6 Å². The Bertz CT molecular complexity index is 1040. The number of benzene rings is 2. The van der Waals surface area contributed by atoms with E-state index in [1.165, 1.54) is 5.56 Å². The summed E-state index contributed by atoms with van der Waals surface area (Å²) in [5, 5.41) is 11.8. The minimum absolute atomic E-state index is 0.126. The topological polar surface area (TPSA) is 59.0 Å². The summed E-state index contributed by atoms with van der Waals surface area (Å²) in [5.74, 6) is 0.133. The van der Waals surface area contributed by atoms with Gasteiger partial charge in [0.05, 0.1) is 23.1 Å². The molecule has 0 spiro atoms. The lowest BCUT2D eigenvalue weighted by Crippen LogP contribution is -2.29. The van der Waals surface area contributed by atoms with Crippen LogP contribution in [0.4, 0.5) is 5.69 Å². The molecular formula is C24H27ClN4O. The van der Waals surface area contributed by atoms with Crippen LogP contribution in [0, 0.1) is 6.92 Å². The van der Waals surface area contributed by atoms with Crippen molar-refractivity contribution in [1.82, 2.24) is 15.1 Å². The first kappa shape index (κ1) is 20.6. The van der Waals surface area contributed by atoms with Crippen molar-refractivity contribution >= 4 is 23.2 Å². The number of halogens is 1. The van der Waals surface area contributed by atoms with Gasteiger partial charge in [-0.25, -0.2) is 4.68 Å². The fraction of sp³-hybridized carbons (Fsp3) is 0.333. The largest absolute Gasteiger partial charge is 0.322 e. The number of hydrogen-bond acceptors (Lipinski definition) is 3. The highest BCUT2D eigenvalue weighted by molar-refractivity contribution is 6.31. The molecule has 1 fully saturated rings. The molecule has 0 aliphatic carbocycles. The highest BCUT2D eigenvalue weighted by atomic mass is 35.5. The van der Waals surface area contributed by atoms with Gasteiger partial charge in [-0.05, 0) is 74.7 Å². The Labute approximate surface area is 182 Å². The molecule has 0 radical (unpaired) electrons. The second kappa shape index (κ2) is 9.02. The summed E-state index contributed by atoms with van der Waals surface area (Å²) in [7, 11) is 0. The number of amides is 1. The first-order valence-corrected chi connectivity index (χ1v) is 10.9. The molecule has 4 rings (SSSR count). The van der Waals surface area contributed by atoms with Crippen molar-refractivity contribution in [2.45, 2.75) is 39.0 Å². The molecule has 1 amide bonds. The van der Waals surface area contributed by atoms with Crippen molar-refractivity contribution in [2.24, 2.45) is 0 Å². The zero-order valence-corrected chi connectivity index (χ0v) is 18.2. The fourth-order valence-electron chi connectivity index (χ4n) is 4.06. The van der Waals surface area contributed by atoms with Crippen molar-refractivity contribution in [3.05, 3.63) is 76.1 Å². The van der Waals surface area contributed by atoms with Gasteiger partial charge < -0.3 is 10.6 Å². The molecule has 1 aliphatic rings. The zero-order valence-electron chi connectivity index (χ0n) is 17.4. The molecule has 1 aromatic heterocycles. The van der Waals surface area contributed by atoms with E-state index in [0.29, 0.717) is 10.6 Å². The third-order valence-corrected chi connectivity index (χ3v) is 6.27. The maximum absolute atomic E-state index is 13.2. The van der Waals surface area contributed by atoms with Gasteiger partial charge in [-0.3, -0.25) is 4.79 Å². The van der Waals surface area contributed by atoms with Gasteiger partial charge in [-0.15, -0.1) is 0 Å². The second-order valence-corrected chi connectivity index (χ2v) is 8.18. The molecule has 2 N–H and O–H groups in total. The summed E-state index contributed by atoms with van der Waals surface area (Å²) in [6.07, 6.45) is 4.60. The van der Waals surface area contributed by atoms with Crippen molar-refractivity contribution in [3.8, 4) is 5.69 Å². The van der Waals surface area contributed by atoms with E-state index in [1.54, 1.807) is 6.20 Å². The monoisotopic (exact) mass is 422 g/mol.